The molecule has 2 aromatic heterocycles. The second kappa shape index (κ2) is 7.92. The molecule has 2 heterocycles. The summed E-state index contributed by atoms with van der Waals surface area (Å²) in [4.78, 5) is 25.3. The molecule has 7 heteroatoms. The van der Waals surface area contributed by atoms with Crippen molar-refractivity contribution in [3.05, 3.63) is 41.1 Å². The van der Waals surface area contributed by atoms with Crippen LogP contribution in [0.4, 0.5) is 5.95 Å². The third-order valence-electron chi connectivity index (χ3n) is 3.54. The molecule has 0 saturated carbocycles. The molecule has 0 aliphatic heterocycles. The number of nitrogens with one attached hydrogen (secondary N) is 1. The maximum Gasteiger partial charge on any atom is 0.273 e. The van der Waals surface area contributed by atoms with E-state index in [9.17, 15) is 4.79 Å². The first-order valence-electron chi connectivity index (χ1n) is 7.92. The number of likely N-dealkylation sites (N-methyl/N-ethyl adjacent to an activating group) is 1. The normalized spacial score (nSPS) is 10.9. The molecule has 0 aliphatic rings. The third-order valence-corrected chi connectivity index (χ3v) is 3.54. The molecule has 0 bridgehead atoms. The van der Waals surface area contributed by atoms with Gasteiger partial charge in [0.1, 0.15) is 17.2 Å². The van der Waals surface area contributed by atoms with Gasteiger partial charge in [0.15, 0.2) is 0 Å². The molecule has 0 fully saturated rings. The minimum atomic E-state index is -0.132. The van der Waals surface area contributed by atoms with Crippen LogP contribution < -0.4 is 5.32 Å². The van der Waals surface area contributed by atoms with Crippen molar-refractivity contribution in [2.75, 3.05) is 39.5 Å². The van der Waals surface area contributed by atoms with E-state index in [1.807, 2.05) is 45.0 Å². The Balaban J connectivity index is 2.24. The number of furan rings is 1. The zero-order valence-corrected chi connectivity index (χ0v) is 15.0. The molecular weight excluding hydrogens is 306 g/mol. The predicted octanol–water partition coefficient (Wildman–Crippen LogP) is 1.93. The molecule has 0 radical (unpaired) electrons. The molecule has 0 atom stereocenters. The summed E-state index contributed by atoms with van der Waals surface area (Å²) in [6.45, 7) is 5.50. The number of carbonyl (C=O) groups excluding carboxylic acids is 1. The summed E-state index contributed by atoms with van der Waals surface area (Å²) in [6, 6.07) is 5.51. The second-order valence-electron chi connectivity index (χ2n) is 6.01. The monoisotopic (exact) mass is 331 g/mol. The van der Waals surface area contributed by atoms with Crippen molar-refractivity contribution in [1.82, 2.24) is 19.8 Å². The van der Waals surface area contributed by atoms with Crippen LogP contribution in [0.25, 0.3) is 0 Å². The molecule has 0 aliphatic carbocycles. The van der Waals surface area contributed by atoms with Crippen molar-refractivity contribution in [2.24, 2.45) is 0 Å². The van der Waals surface area contributed by atoms with Gasteiger partial charge in [-0.25, -0.2) is 9.97 Å². The predicted molar refractivity (Wildman–Crippen MR) is 93.1 cm³/mol. The highest BCUT2D eigenvalue weighted by atomic mass is 16.3. The Morgan fingerprint density at radius 2 is 1.96 bits per heavy atom. The highest BCUT2D eigenvalue weighted by Crippen LogP contribution is 2.13. The summed E-state index contributed by atoms with van der Waals surface area (Å²) >= 11 is 0. The molecule has 2 rings (SSSR count). The van der Waals surface area contributed by atoms with E-state index < -0.39 is 0 Å². The van der Waals surface area contributed by atoms with Crippen molar-refractivity contribution in [3.8, 4) is 0 Å². The van der Waals surface area contributed by atoms with Gasteiger partial charge in [-0.2, -0.15) is 0 Å². The van der Waals surface area contributed by atoms with Crippen molar-refractivity contribution >= 4 is 11.9 Å². The fourth-order valence-corrected chi connectivity index (χ4v) is 2.28. The SMILES string of the molecule is CNc1nc(C)cc(C(=O)N(CCN(C)C)Cc2ccc(C)o2)n1. The Labute approximate surface area is 142 Å². The summed E-state index contributed by atoms with van der Waals surface area (Å²) in [5.41, 5.74) is 1.13. The Morgan fingerprint density at radius 3 is 2.54 bits per heavy atom. The fraction of sp³-hybridized carbons (Fsp3) is 0.471. The zero-order chi connectivity index (χ0) is 17.7. The van der Waals surface area contributed by atoms with Crippen LogP contribution in [-0.4, -0.2) is 59.9 Å². The van der Waals surface area contributed by atoms with E-state index in [-0.39, 0.29) is 5.91 Å². The smallest absolute Gasteiger partial charge is 0.273 e. The van der Waals surface area contributed by atoms with E-state index >= 15 is 0 Å². The quantitative estimate of drug-likeness (QED) is 0.836. The third kappa shape index (κ3) is 4.79. The molecule has 24 heavy (non-hydrogen) atoms. The molecule has 0 saturated heterocycles. The Kier molecular flexibility index (Phi) is 5.92. The minimum absolute atomic E-state index is 0.132. The van der Waals surface area contributed by atoms with Crippen LogP contribution in [0.5, 0.6) is 0 Å². The van der Waals surface area contributed by atoms with Crippen LogP contribution in [-0.2, 0) is 6.54 Å². The first kappa shape index (κ1) is 17.9. The lowest BCUT2D eigenvalue weighted by Crippen LogP contribution is -2.36. The van der Waals surface area contributed by atoms with Gasteiger partial charge in [0.2, 0.25) is 5.95 Å². The first-order chi connectivity index (χ1) is 11.4. The highest BCUT2D eigenvalue weighted by Gasteiger charge is 2.20. The number of amides is 1. The van der Waals surface area contributed by atoms with Gasteiger partial charge in [-0.3, -0.25) is 4.79 Å². The lowest BCUT2D eigenvalue weighted by atomic mass is 10.2. The number of anilines is 1. The zero-order valence-electron chi connectivity index (χ0n) is 15.0. The average Bonchev–Trinajstić information content (AvgIpc) is 2.95. The molecule has 1 amide bonds. The van der Waals surface area contributed by atoms with E-state index in [0.29, 0.717) is 24.7 Å². The highest BCUT2D eigenvalue weighted by molar-refractivity contribution is 5.92. The van der Waals surface area contributed by atoms with E-state index in [4.69, 9.17) is 4.42 Å². The second-order valence-corrected chi connectivity index (χ2v) is 6.01. The van der Waals surface area contributed by atoms with Gasteiger partial charge < -0.3 is 19.5 Å². The molecule has 2 aromatic rings. The number of aromatic nitrogens is 2. The van der Waals surface area contributed by atoms with Crippen LogP contribution in [0.2, 0.25) is 0 Å². The van der Waals surface area contributed by atoms with Gasteiger partial charge in [0, 0.05) is 25.8 Å². The maximum atomic E-state index is 12.9. The lowest BCUT2D eigenvalue weighted by Gasteiger charge is -2.23. The van der Waals surface area contributed by atoms with E-state index in [0.717, 1.165) is 23.8 Å². The van der Waals surface area contributed by atoms with Crippen molar-refractivity contribution < 1.29 is 9.21 Å². The molecule has 0 unspecified atom stereocenters. The van der Waals surface area contributed by atoms with Crippen molar-refractivity contribution in [2.45, 2.75) is 20.4 Å². The molecule has 130 valence electrons. The Morgan fingerprint density at radius 1 is 1.21 bits per heavy atom. The van der Waals surface area contributed by atoms with E-state index in [1.54, 1.807) is 18.0 Å². The molecule has 1 N–H and O–H groups in total. The van der Waals surface area contributed by atoms with Crippen LogP contribution in [0.1, 0.15) is 27.7 Å². The molecular formula is C17H25N5O2. The number of aryl methyl sites for hydroxylation is 2. The van der Waals surface area contributed by atoms with Gasteiger partial charge in [-0.1, -0.05) is 0 Å². The number of carbonyl (C=O) groups is 1. The summed E-state index contributed by atoms with van der Waals surface area (Å²) in [5.74, 6) is 1.91. The van der Waals surface area contributed by atoms with Crippen molar-refractivity contribution in [1.29, 1.82) is 0 Å². The van der Waals surface area contributed by atoms with Gasteiger partial charge >= 0.3 is 0 Å². The Bertz CT molecular complexity index is 696. The largest absolute Gasteiger partial charge is 0.464 e. The topological polar surface area (TPSA) is 74.5 Å². The van der Waals surface area contributed by atoms with Gasteiger partial charge in [0.05, 0.1) is 6.54 Å². The summed E-state index contributed by atoms with van der Waals surface area (Å²) in [7, 11) is 5.69. The van der Waals surface area contributed by atoms with Crippen molar-refractivity contribution in [3.63, 3.8) is 0 Å². The van der Waals surface area contributed by atoms with Crippen LogP contribution >= 0.6 is 0 Å². The standard InChI is InChI=1S/C17H25N5O2/c1-12-10-15(20-17(18-3)19-12)16(23)22(9-8-21(4)5)11-14-7-6-13(2)24-14/h6-7,10H,8-9,11H2,1-5H3,(H,18,19,20). The summed E-state index contributed by atoms with van der Waals surface area (Å²) < 4.78 is 5.62. The first-order valence-corrected chi connectivity index (χ1v) is 7.92. The van der Waals surface area contributed by atoms with Crippen LogP contribution in [0.3, 0.4) is 0 Å². The van der Waals surface area contributed by atoms with Crippen LogP contribution in [0, 0.1) is 13.8 Å². The van der Waals surface area contributed by atoms with E-state index in [2.05, 4.69) is 15.3 Å². The summed E-state index contributed by atoms with van der Waals surface area (Å²) in [6.07, 6.45) is 0. The van der Waals surface area contributed by atoms with Gasteiger partial charge in [-0.15, -0.1) is 0 Å². The fourth-order valence-electron chi connectivity index (χ4n) is 2.28. The lowest BCUT2D eigenvalue weighted by molar-refractivity contribution is 0.0713. The maximum absolute atomic E-state index is 12.9. The Hall–Kier alpha value is -2.41. The molecule has 0 aromatic carbocycles. The molecule has 7 nitrogen and oxygen atoms in total. The summed E-state index contributed by atoms with van der Waals surface area (Å²) in [5, 5.41) is 2.89. The number of hydrogen-bond donors (Lipinski definition) is 1. The number of nitrogens with zero attached hydrogens (tertiary/aromatic N) is 4. The number of rotatable bonds is 7. The van der Waals surface area contributed by atoms with Gasteiger partial charge in [0.25, 0.3) is 5.91 Å². The molecule has 0 spiro atoms. The van der Waals surface area contributed by atoms with E-state index in [1.165, 1.54) is 0 Å². The average molecular weight is 331 g/mol. The number of hydrogen-bond acceptors (Lipinski definition) is 6. The van der Waals surface area contributed by atoms with Gasteiger partial charge in [-0.05, 0) is 46.1 Å². The van der Waals surface area contributed by atoms with Crippen LogP contribution in [0.15, 0.2) is 22.6 Å². The minimum Gasteiger partial charge on any atom is -0.464 e.